The average Bonchev–Trinajstić information content (AvgIpc) is 2.73. The number of carboxylic acids is 1. The number of benzene rings is 1. The zero-order valence-electron chi connectivity index (χ0n) is 20.6. The number of allylic oxidation sites excluding steroid dienone is 1. The van der Waals surface area contributed by atoms with Crippen LogP contribution in [0, 0.1) is 5.82 Å². The summed E-state index contributed by atoms with van der Waals surface area (Å²) in [6.45, 7) is 5.04. The third-order valence-corrected chi connectivity index (χ3v) is 7.20. The number of rotatable bonds is 15. The molecule has 0 aromatic heterocycles. The van der Waals surface area contributed by atoms with E-state index in [1.807, 2.05) is 23.5 Å². The number of carbonyl (C=O) groups is 1. The summed E-state index contributed by atoms with van der Waals surface area (Å²) in [7, 11) is 1.90. The van der Waals surface area contributed by atoms with Crippen LogP contribution in [0.4, 0.5) is 8.78 Å². The van der Waals surface area contributed by atoms with E-state index in [9.17, 15) is 18.7 Å². The zero-order valence-corrected chi connectivity index (χ0v) is 21.4. The number of hydrogen-bond donors (Lipinski definition) is 3. The Labute approximate surface area is 207 Å². The molecule has 0 fully saturated rings. The van der Waals surface area contributed by atoms with E-state index in [1.54, 1.807) is 6.07 Å². The molecule has 5 nitrogen and oxygen atoms in total. The van der Waals surface area contributed by atoms with Crippen molar-refractivity contribution in [2.45, 2.75) is 88.3 Å². The molecular weight excluding hydrogens is 458 g/mol. The number of β-amino-alcohol motifs (C(OH)–C–C–N with tert-alkyl or cyclic N) is 1. The molecule has 1 aromatic rings. The van der Waals surface area contributed by atoms with Gasteiger partial charge >= 0.3 is 5.97 Å². The van der Waals surface area contributed by atoms with Crippen LogP contribution >= 0.6 is 11.9 Å². The van der Waals surface area contributed by atoms with Gasteiger partial charge in [0.15, 0.2) is 0 Å². The van der Waals surface area contributed by atoms with E-state index >= 15 is 0 Å². The summed E-state index contributed by atoms with van der Waals surface area (Å²) in [5.74, 6) is -0.988. The van der Waals surface area contributed by atoms with E-state index < -0.39 is 18.2 Å². The summed E-state index contributed by atoms with van der Waals surface area (Å²) in [6.07, 6.45) is 5.04. The summed E-state index contributed by atoms with van der Waals surface area (Å²) in [5, 5.41) is 22.7. The molecule has 0 amide bonds. The number of halogens is 2. The van der Waals surface area contributed by atoms with Crippen LogP contribution < -0.4 is 5.32 Å². The summed E-state index contributed by atoms with van der Waals surface area (Å²) in [6, 6.07) is 6.85. The van der Waals surface area contributed by atoms with Crippen LogP contribution in [-0.2, 0) is 11.2 Å². The predicted octanol–water partition coefficient (Wildman–Crippen LogP) is 5.14. The number of likely N-dealkylation sites (N-methyl/N-ethyl adjacent to an activating group) is 1. The first-order valence-corrected chi connectivity index (χ1v) is 13.0. The molecule has 0 saturated carbocycles. The minimum atomic E-state index is -0.910. The SMILES string of the molecule is CN(C[C@H](O)CNC(C)(C)CCCc1ccccc1F)SC1C=C(CCCC(=O)O)CC(F)C1. The van der Waals surface area contributed by atoms with E-state index in [2.05, 4.69) is 25.2 Å². The fraction of sp³-hybridized carbons (Fsp3) is 0.654. The Morgan fingerprint density at radius 1 is 1.29 bits per heavy atom. The second-order valence-corrected chi connectivity index (χ2v) is 11.4. The third kappa shape index (κ3) is 11.3. The molecule has 0 spiro atoms. The van der Waals surface area contributed by atoms with Gasteiger partial charge in [0.25, 0.3) is 0 Å². The molecule has 1 aromatic carbocycles. The topological polar surface area (TPSA) is 72.8 Å². The van der Waals surface area contributed by atoms with Crippen molar-refractivity contribution in [1.29, 1.82) is 0 Å². The molecule has 1 aliphatic rings. The van der Waals surface area contributed by atoms with E-state index in [1.165, 1.54) is 18.0 Å². The first kappa shape index (κ1) is 28.8. The highest BCUT2D eigenvalue weighted by molar-refractivity contribution is 7.97. The Hall–Kier alpha value is -1.48. The van der Waals surface area contributed by atoms with Crippen LogP contribution in [0.15, 0.2) is 35.9 Å². The van der Waals surface area contributed by atoms with E-state index in [4.69, 9.17) is 5.11 Å². The third-order valence-electron chi connectivity index (χ3n) is 6.09. The van der Waals surface area contributed by atoms with Crippen LogP contribution in [0.5, 0.6) is 0 Å². The number of alkyl halides is 1. The van der Waals surface area contributed by atoms with Gasteiger partial charge in [0.2, 0.25) is 0 Å². The molecule has 0 heterocycles. The molecular formula is C26H40F2N2O3S. The number of carboxylic acid groups (broad SMARTS) is 1. The van der Waals surface area contributed by atoms with Gasteiger partial charge in [-0.15, -0.1) is 0 Å². The van der Waals surface area contributed by atoms with Crippen molar-refractivity contribution < 1.29 is 23.8 Å². The second-order valence-electron chi connectivity index (χ2n) is 9.93. The van der Waals surface area contributed by atoms with Gasteiger partial charge in [0.1, 0.15) is 12.0 Å². The smallest absolute Gasteiger partial charge is 0.303 e. The molecule has 8 heteroatoms. The largest absolute Gasteiger partial charge is 0.481 e. The van der Waals surface area contributed by atoms with Crippen molar-refractivity contribution in [3.8, 4) is 0 Å². The predicted molar refractivity (Wildman–Crippen MR) is 135 cm³/mol. The summed E-state index contributed by atoms with van der Waals surface area (Å²) < 4.78 is 29.9. The number of hydrogen-bond acceptors (Lipinski definition) is 5. The van der Waals surface area contributed by atoms with Gasteiger partial charge in [-0.25, -0.2) is 8.78 Å². The number of nitrogens with one attached hydrogen (secondary N) is 1. The maximum Gasteiger partial charge on any atom is 0.303 e. The molecule has 192 valence electrons. The van der Waals surface area contributed by atoms with Crippen molar-refractivity contribution in [1.82, 2.24) is 9.62 Å². The minimum absolute atomic E-state index is 0.0106. The van der Waals surface area contributed by atoms with Crippen molar-refractivity contribution in [2.24, 2.45) is 0 Å². The maximum absolute atomic E-state index is 14.2. The lowest BCUT2D eigenvalue weighted by Crippen LogP contribution is -2.45. The van der Waals surface area contributed by atoms with Gasteiger partial charge in [-0.3, -0.25) is 9.10 Å². The Kier molecular flexibility index (Phi) is 12.0. The molecule has 0 aliphatic heterocycles. The Morgan fingerprint density at radius 3 is 2.74 bits per heavy atom. The first-order valence-electron chi connectivity index (χ1n) is 12.1. The molecule has 2 rings (SSSR count). The van der Waals surface area contributed by atoms with Crippen molar-refractivity contribution in [3.63, 3.8) is 0 Å². The molecule has 2 unspecified atom stereocenters. The van der Waals surface area contributed by atoms with Crippen molar-refractivity contribution in [2.75, 3.05) is 20.1 Å². The monoisotopic (exact) mass is 498 g/mol. The summed E-state index contributed by atoms with van der Waals surface area (Å²) in [4.78, 5) is 10.7. The number of nitrogens with zero attached hydrogens (tertiary/aromatic N) is 1. The van der Waals surface area contributed by atoms with Crippen molar-refractivity contribution in [3.05, 3.63) is 47.3 Å². The lowest BCUT2D eigenvalue weighted by molar-refractivity contribution is -0.137. The van der Waals surface area contributed by atoms with Gasteiger partial charge < -0.3 is 15.5 Å². The van der Waals surface area contributed by atoms with E-state index in [-0.39, 0.29) is 23.0 Å². The van der Waals surface area contributed by atoms with Gasteiger partial charge in [0, 0.05) is 30.3 Å². The van der Waals surface area contributed by atoms with Crippen LogP contribution in [0.1, 0.15) is 64.4 Å². The number of aryl methyl sites for hydroxylation is 1. The van der Waals surface area contributed by atoms with Gasteiger partial charge in [-0.05, 0) is 77.5 Å². The number of aliphatic hydroxyl groups excluding tert-OH is 1. The van der Waals surface area contributed by atoms with E-state index in [0.717, 1.165) is 24.0 Å². The lowest BCUT2D eigenvalue weighted by Gasteiger charge is -2.30. The summed E-state index contributed by atoms with van der Waals surface area (Å²) in [5.41, 5.74) is 1.54. The van der Waals surface area contributed by atoms with Crippen LogP contribution in [0.25, 0.3) is 0 Å². The molecule has 1 aliphatic carbocycles. The molecule has 3 N–H and O–H groups in total. The molecule has 3 atom stereocenters. The molecule has 0 bridgehead atoms. The maximum atomic E-state index is 14.2. The first-order chi connectivity index (χ1) is 16.0. The van der Waals surface area contributed by atoms with Gasteiger partial charge in [-0.1, -0.05) is 41.8 Å². The van der Waals surface area contributed by atoms with Crippen LogP contribution in [0.3, 0.4) is 0 Å². The van der Waals surface area contributed by atoms with Gasteiger partial charge in [-0.2, -0.15) is 0 Å². The molecule has 34 heavy (non-hydrogen) atoms. The molecule has 0 saturated heterocycles. The summed E-state index contributed by atoms with van der Waals surface area (Å²) >= 11 is 1.52. The normalized spacial score (nSPS) is 19.8. The lowest BCUT2D eigenvalue weighted by atomic mass is 9.94. The number of aliphatic hydroxyl groups is 1. The number of aliphatic carboxylic acids is 1. The van der Waals surface area contributed by atoms with Crippen molar-refractivity contribution >= 4 is 17.9 Å². The Morgan fingerprint density at radius 2 is 2.03 bits per heavy atom. The van der Waals surface area contributed by atoms with Crippen LogP contribution in [0.2, 0.25) is 0 Å². The fourth-order valence-electron chi connectivity index (χ4n) is 4.28. The average molecular weight is 499 g/mol. The van der Waals surface area contributed by atoms with E-state index in [0.29, 0.717) is 45.2 Å². The zero-order chi connectivity index (χ0) is 25.1. The molecule has 0 radical (unpaired) electrons. The fourth-order valence-corrected chi connectivity index (χ4v) is 5.55. The highest BCUT2D eigenvalue weighted by Crippen LogP contribution is 2.32. The Balaban J connectivity index is 1.71. The van der Waals surface area contributed by atoms with Crippen LogP contribution in [-0.4, -0.2) is 63.7 Å². The highest BCUT2D eigenvalue weighted by Gasteiger charge is 2.25. The standard InChI is InChI=1S/C26H40F2N2O3S/c1-26(2,13-7-10-20-9-4-5-11-24(20)28)29-17-22(31)18-30(3)34-23-15-19(14-21(27)16-23)8-6-12-25(32)33/h4-5,9,11,15,21-23,29,31H,6-8,10,12-14,16-18H2,1-3H3,(H,32,33)/t21?,22-,23?/m1/s1. The van der Waals surface area contributed by atoms with Gasteiger partial charge in [0.05, 0.1) is 6.10 Å². The Bertz CT molecular complexity index is 806. The minimum Gasteiger partial charge on any atom is -0.481 e. The quantitative estimate of drug-likeness (QED) is 0.230. The highest BCUT2D eigenvalue weighted by atomic mass is 32.2. The second kappa shape index (κ2) is 14.2.